The SMILES string of the molecule is O=[C]C1=CSC(=C2SC=CS2)S1. The molecule has 0 saturated carbocycles. The van der Waals surface area contributed by atoms with Crippen LogP contribution in [0.1, 0.15) is 0 Å². The van der Waals surface area contributed by atoms with Gasteiger partial charge in [-0.1, -0.05) is 47.0 Å². The lowest BCUT2D eigenvalue weighted by Gasteiger charge is -1.98. The van der Waals surface area contributed by atoms with Crippen LogP contribution in [0.5, 0.6) is 0 Å². The van der Waals surface area contributed by atoms with Gasteiger partial charge in [-0.15, -0.1) is 0 Å². The molecule has 2 aliphatic rings. The van der Waals surface area contributed by atoms with Crippen LogP contribution in [-0.2, 0) is 4.79 Å². The Kier molecular flexibility index (Phi) is 2.96. The Bertz CT molecular complexity index is 293. The van der Waals surface area contributed by atoms with Gasteiger partial charge in [0.25, 0.3) is 0 Å². The van der Waals surface area contributed by atoms with Gasteiger partial charge in [-0.25, -0.2) is 0 Å². The zero-order valence-corrected chi connectivity index (χ0v) is 9.04. The van der Waals surface area contributed by atoms with Crippen molar-refractivity contribution in [2.24, 2.45) is 0 Å². The van der Waals surface area contributed by atoms with E-state index in [0.29, 0.717) is 4.91 Å². The summed E-state index contributed by atoms with van der Waals surface area (Å²) in [6, 6.07) is 0. The van der Waals surface area contributed by atoms with Gasteiger partial charge < -0.3 is 0 Å². The molecule has 0 amide bonds. The maximum Gasteiger partial charge on any atom is 0.241 e. The summed E-state index contributed by atoms with van der Waals surface area (Å²) in [6.45, 7) is 0. The van der Waals surface area contributed by atoms with Crippen molar-refractivity contribution in [3.8, 4) is 0 Å². The van der Waals surface area contributed by atoms with E-state index in [9.17, 15) is 4.79 Å². The molecule has 0 bridgehead atoms. The van der Waals surface area contributed by atoms with Crippen molar-refractivity contribution >= 4 is 53.3 Å². The molecule has 0 aromatic carbocycles. The molecular formula is C7H3OS4. The molecular weight excluding hydrogens is 228 g/mol. The van der Waals surface area contributed by atoms with Crippen molar-refractivity contribution in [2.75, 3.05) is 0 Å². The van der Waals surface area contributed by atoms with Gasteiger partial charge in [0.2, 0.25) is 6.29 Å². The number of allylic oxidation sites excluding steroid dienone is 1. The average molecular weight is 231 g/mol. The van der Waals surface area contributed by atoms with Crippen LogP contribution in [-0.4, -0.2) is 6.29 Å². The molecule has 0 N–H and O–H groups in total. The Labute approximate surface area is 87.5 Å². The van der Waals surface area contributed by atoms with Crippen molar-refractivity contribution in [1.82, 2.24) is 0 Å². The van der Waals surface area contributed by atoms with E-state index in [0.717, 1.165) is 0 Å². The minimum absolute atomic E-state index is 0.690. The van der Waals surface area contributed by atoms with Gasteiger partial charge >= 0.3 is 0 Å². The van der Waals surface area contributed by atoms with Crippen LogP contribution < -0.4 is 0 Å². The predicted molar refractivity (Wildman–Crippen MR) is 60.3 cm³/mol. The summed E-state index contributed by atoms with van der Waals surface area (Å²) >= 11 is 6.53. The van der Waals surface area contributed by atoms with E-state index in [1.165, 1.54) is 20.2 Å². The zero-order valence-electron chi connectivity index (χ0n) is 5.77. The lowest BCUT2D eigenvalue weighted by molar-refractivity contribution is 0.564. The Morgan fingerprint density at radius 3 is 2.42 bits per heavy atom. The first-order valence-electron chi connectivity index (χ1n) is 3.05. The van der Waals surface area contributed by atoms with Crippen molar-refractivity contribution in [2.45, 2.75) is 0 Å². The van der Waals surface area contributed by atoms with E-state index < -0.39 is 0 Å². The Balaban J connectivity index is 2.10. The molecule has 0 fully saturated rings. The number of hydrogen-bond acceptors (Lipinski definition) is 5. The first-order chi connectivity index (χ1) is 5.90. The number of rotatable bonds is 1. The summed E-state index contributed by atoms with van der Waals surface area (Å²) in [5.41, 5.74) is 0. The van der Waals surface area contributed by atoms with Crippen LogP contribution in [0.4, 0.5) is 0 Å². The van der Waals surface area contributed by atoms with Gasteiger partial charge in [-0.2, -0.15) is 0 Å². The topological polar surface area (TPSA) is 17.1 Å². The number of carbonyl (C=O) groups excluding carboxylic acids is 1. The lowest BCUT2D eigenvalue weighted by Crippen LogP contribution is -1.70. The fourth-order valence-corrected chi connectivity index (χ4v) is 4.87. The molecule has 1 radical (unpaired) electrons. The third-order valence-corrected chi connectivity index (χ3v) is 6.07. The fraction of sp³-hybridized carbons (Fsp3) is 0. The van der Waals surface area contributed by atoms with Gasteiger partial charge in [-0.3, -0.25) is 4.79 Å². The molecule has 0 aromatic rings. The molecule has 61 valence electrons. The summed E-state index contributed by atoms with van der Waals surface area (Å²) in [5.74, 6) is 0. The van der Waals surface area contributed by atoms with Crippen LogP contribution in [0.2, 0.25) is 0 Å². The predicted octanol–water partition coefficient (Wildman–Crippen LogP) is 3.50. The molecule has 0 unspecified atom stereocenters. The standard InChI is InChI=1S/C7H3OS4/c8-3-5-4-11-7(12-5)6-9-1-2-10-6/h1-2,4H. The highest BCUT2D eigenvalue weighted by Gasteiger charge is 2.18. The average Bonchev–Trinajstić information content (AvgIpc) is 2.75. The van der Waals surface area contributed by atoms with Crippen LogP contribution in [0.15, 0.2) is 29.6 Å². The second-order valence-corrected chi connectivity index (χ2v) is 6.17. The second-order valence-electron chi connectivity index (χ2n) is 1.89. The highest BCUT2D eigenvalue weighted by molar-refractivity contribution is 8.33. The smallest absolute Gasteiger partial charge is 0.241 e. The Morgan fingerprint density at radius 2 is 1.83 bits per heavy atom. The largest absolute Gasteiger partial charge is 0.284 e. The third-order valence-electron chi connectivity index (χ3n) is 1.15. The summed E-state index contributed by atoms with van der Waals surface area (Å²) in [4.78, 5) is 11.0. The first kappa shape index (κ1) is 8.87. The Morgan fingerprint density at radius 1 is 1.08 bits per heavy atom. The second kappa shape index (κ2) is 4.00. The van der Waals surface area contributed by atoms with Crippen molar-refractivity contribution in [3.63, 3.8) is 0 Å². The third kappa shape index (κ3) is 1.79. The van der Waals surface area contributed by atoms with Gasteiger partial charge in [0.15, 0.2) is 0 Å². The van der Waals surface area contributed by atoms with Crippen LogP contribution in [0, 0.1) is 0 Å². The van der Waals surface area contributed by atoms with E-state index in [4.69, 9.17) is 0 Å². The first-order valence-corrected chi connectivity index (χ1v) is 6.51. The van der Waals surface area contributed by atoms with Crippen molar-refractivity contribution < 1.29 is 4.79 Å². The van der Waals surface area contributed by atoms with Crippen molar-refractivity contribution in [3.05, 3.63) is 29.6 Å². The number of thioether (sulfide) groups is 4. The molecule has 0 atom stereocenters. The molecule has 2 rings (SSSR count). The molecule has 1 nitrogen and oxygen atoms in total. The molecule has 12 heavy (non-hydrogen) atoms. The van der Waals surface area contributed by atoms with E-state index in [-0.39, 0.29) is 0 Å². The minimum Gasteiger partial charge on any atom is -0.284 e. The molecule has 5 heteroatoms. The highest BCUT2D eigenvalue weighted by Crippen LogP contribution is 2.52. The molecule has 0 aliphatic carbocycles. The van der Waals surface area contributed by atoms with Crippen LogP contribution in [0.3, 0.4) is 0 Å². The quantitative estimate of drug-likeness (QED) is 0.685. The summed E-state index contributed by atoms with van der Waals surface area (Å²) in [5, 5.41) is 5.95. The van der Waals surface area contributed by atoms with Crippen LogP contribution >= 0.6 is 47.0 Å². The van der Waals surface area contributed by atoms with E-state index in [1.807, 2.05) is 11.7 Å². The van der Waals surface area contributed by atoms with E-state index in [2.05, 4.69) is 10.8 Å². The fourth-order valence-electron chi connectivity index (χ4n) is 0.693. The minimum atomic E-state index is 0.690. The van der Waals surface area contributed by atoms with Crippen molar-refractivity contribution in [1.29, 1.82) is 0 Å². The number of hydrogen-bond donors (Lipinski definition) is 0. The van der Waals surface area contributed by atoms with Gasteiger partial charge in [0.05, 0.1) is 13.4 Å². The van der Waals surface area contributed by atoms with Gasteiger partial charge in [-0.05, 0) is 16.2 Å². The highest BCUT2D eigenvalue weighted by atomic mass is 32.2. The maximum absolute atomic E-state index is 10.3. The molecule has 2 aliphatic heterocycles. The van der Waals surface area contributed by atoms with E-state index in [1.54, 1.807) is 35.3 Å². The molecule has 0 aromatic heterocycles. The summed E-state index contributed by atoms with van der Waals surface area (Å²) in [6.07, 6.45) is 1.90. The van der Waals surface area contributed by atoms with Gasteiger partial charge in [0, 0.05) is 0 Å². The van der Waals surface area contributed by atoms with Crippen LogP contribution in [0.25, 0.3) is 0 Å². The monoisotopic (exact) mass is 231 g/mol. The summed E-state index contributed by atoms with van der Waals surface area (Å²) < 4.78 is 2.47. The summed E-state index contributed by atoms with van der Waals surface area (Å²) in [7, 11) is 0. The zero-order chi connectivity index (χ0) is 8.39. The molecule has 2 heterocycles. The van der Waals surface area contributed by atoms with E-state index >= 15 is 0 Å². The lowest BCUT2D eigenvalue weighted by atomic mass is 10.7. The molecule has 0 spiro atoms. The van der Waals surface area contributed by atoms with Gasteiger partial charge in [0.1, 0.15) is 0 Å². The maximum atomic E-state index is 10.3. The Hall–Kier alpha value is 0.290. The molecule has 0 saturated heterocycles. The normalized spacial score (nSPS) is 21.8.